The summed E-state index contributed by atoms with van der Waals surface area (Å²) in [5, 5.41) is 10.6. The van der Waals surface area contributed by atoms with Crippen molar-refractivity contribution in [1.29, 1.82) is 0 Å². The van der Waals surface area contributed by atoms with Gasteiger partial charge in [0.1, 0.15) is 24.4 Å². The summed E-state index contributed by atoms with van der Waals surface area (Å²) in [4.78, 5) is 8.72. The van der Waals surface area contributed by atoms with Gasteiger partial charge < -0.3 is 15.4 Å². The topological polar surface area (TPSA) is 76.4 Å². The quantitative estimate of drug-likeness (QED) is 0.275. The summed E-state index contributed by atoms with van der Waals surface area (Å²) in [6, 6.07) is 8.20. The minimum Gasteiger partial charge on any atom is -0.497 e. The molecule has 0 aliphatic rings. The van der Waals surface area contributed by atoms with Crippen LogP contribution in [0.4, 0.5) is 0 Å². The normalized spacial score (nSPS) is 10.9. The van der Waals surface area contributed by atoms with Gasteiger partial charge in [0.05, 0.1) is 7.11 Å². The Morgan fingerprint density at radius 1 is 1.24 bits per heavy atom. The van der Waals surface area contributed by atoms with Crippen molar-refractivity contribution in [2.75, 3.05) is 20.2 Å². The van der Waals surface area contributed by atoms with Crippen LogP contribution in [0.5, 0.6) is 5.75 Å². The van der Waals surface area contributed by atoms with Crippen LogP contribution in [0.3, 0.4) is 0 Å². The molecule has 0 aliphatic heterocycles. The van der Waals surface area contributed by atoms with Crippen LogP contribution in [-0.4, -0.2) is 40.9 Å². The van der Waals surface area contributed by atoms with Gasteiger partial charge in [-0.3, -0.25) is 4.68 Å². The number of nitrogens with one attached hydrogen (secondary N) is 2. The second-order valence-electron chi connectivity index (χ2n) is 5.37. The molecular formula is C17H27IN6O. The molecule has 1 aromatic carbocycles. The number of guanidine groups is 1. The van der Waals surface area contributed by atoms with E-state index in [1.54, 1.807) is 18.1 Å². The molecule has 25 heavy (non-hydrogen) atoms. The van der Waals surface area contributed by atoms with Gasteiger partial charge in [0.25, 0.3) is 0 Å². The minimum atomic E-state index is 0. The number of aromatic nitrogens is 3. The van der Waals surface area contributed by atoms with E-state index >= 15 is 0 Å². The average Bonchev–Trinajstić information content (AvgIpc) is 3.02. The number of nitrogens with zero attached hydrogens (tertiary/aromatic N) is 4. The number of aliphatic imine (C=N–C) groups is 1. The van der Waals surface area contributed by atoms with E-state index in [1.165, 1.54) is 5.56 Å². The Morgan fingerprint density at radius 2 is 2.00 bits per heavy atom. The number of hydrogen-bond acceptors (Lipinski definition) is 4. The highest BCUT2D eigenvalue weighted by Crippen LogP contribution is 2.12. The molecule has 0 aliphatic carbocycles. The fourth-order valence-corrected chi connectivity index (χ4v) is 2.25. The molecular weight excluding hydrogens is 431 g/mol. The lowest BCUT2D eigenvalue weighted by Gasteiger charge is -2.11. The van der Waals surface area contributed by atoms with E-state index in [0.29, 0.717) is 6.54 Å². The van der Waals surface area contributed by atoms with E-state index in [9.17, 15) is 0 Å². The highest BCUT2D eigenvalue weighted by atomic mass is 127. The molecule has 0 spiro atoms. The van der Waals surface area contributed by atoms with Crippen LogP contribution in [0.1, 0.15) is 24.7 Å². The SMILES string of the molecule is CCNC(=NCc1ncnn1C)NCCCc1ccc(OC)cc1.I. The van der Waals surface area contributed by atoms with Gasteiger partial charge in [0, 0.05) is 20.1 Å². The maximum absolute atomic E-state index is 5.17. The lowest BCUT2D eigenvalue weighted by atomic mass is 10.1. The Kier molecular flexibility index (Phi) is 9.90. The summed E-state index contributed by atoms with van der Waals surface area (Å²) in [5.41, 5.74) is 1.30. The summed E-state index contributed by atoms with van der Waals surface area (Å²) in [6.07, 6.45) is 3.58. The van der Waals surface area contributed by atoms with Crippen molar-refractivity contribution in [3.63, 3.8) is 0 Å². The molecule has 0 bridgehead atoms. The number of rotatable bonds is 8. The van der Waals surface area contributed by atoms with Crippen LogP contribution >= 0.6 is 24.0 Å². The number of methoxy groups -OCH3 is 1. The number of aryl methyl sites for hydroxylation is 2. The zero-order valence-corrected chi connectivity index (χ0v) is 17.4. The molecule has 1 aromatic heterocycles. The van der Waals surface area contributed by atoms with Crippen molar-refractivity contribution in [1.82, 2.24) is 25.4 Å². The van der Waals surface area contributed by atoms with Gasteiger partial charge in [-0.2, -0.15) is 5.10 Å². The van der Waals surface area contributed by atoms with Gasteiger partial charge in [-0.1, -0.05) is 12.1 Å². The minimum absolute atomic E-state index is 0. The molecule has 2 rings (SSSR count). The van der Waals surface area contributed by atoms with Gasteiger partial charge in [0.2, 0.25) is 0 Å². The smallest absolute Gasteiger partial charge is 0.191 e. The maximum atomic E-state index is 5.17. The Bertz CT molecular complexity index is 641. The van der Waals surface area contributed by atoms with Crippen LogP contribution in [0.25, 0.3) is 0 Å². The first-order valence-electron chi connectivity index (χ1n) is 8.21. The molecule has 138 valence electrons. The molecule has 2 N–H and O–H groups in total. The second-order valence-corrected chi connectivity index (χ2v) is 5.37. The van der Waals surface area contributed by atoms with Crippen molar-refractivity contribution in [3.8, 4) is 5.75 Å². The van der Waals surface area contributed by atoms with Crippen LogP contribution in [0.2, 0.25) is 0 Å². The van der Waals surface area contributed by atoms with Crippen LogP contribution in [-0.2, 0) is 20.0 Å². The van der Waals surface area contributed by atoms with Crippen LogP contribution < -0.4 is 15.4 Å². The number of halogens is 1. The van der Waals surface area contributed by atoms with E-state index in [2.05, 4.69) is 44.8 Å². The largest absolute Gasteiger partial charge is 0.497 e. The van der Waals surface area contributed by atoms with Crippen molar-refractivity contribution < 1.29 is 4.74 Å². The summed E-state index contributed by atoms with van der Waals surface area (Å²) in [7, 11) is 3.55. The number of ether oxygens (including phenoxy) is 1. The fourth-order valence-electron chi connectivity index (χ4n) is 2.25. The molecule has 8 heteroatoms. The molecule has 1 heterocycles. The molecule has 0 atom stereocenters. The highest BCUT2D eigenvalue weighted by Gasteiger charge is 2.01. The van der Waals surface area contributed by atoms with Crippen molar-refractivity contribution >= 4 is 29.9 Å². The van der Waals surface area contributed by atoms with E-state index in [1.807, 2.05) is 19.2 Å². The van der Waals surface area contributed by atoms with Gasteiger partial charge in [-0.25, -0.2) is 9.98 Å². The third-order valence-electron chi connectivity index (χ3n) is 3.62. The van der Waals surface area contributed by atoms with E-state index in [-0.39, 0.29) is 24.0 Å². The molecule has 0 amide bonds. The monoisotopic (exact) mass is 458 g/mol. The summed E-state index contributed by atoms with van der Waals surface area (Å²) in [6.45, 7) is 4.24. The Morgan fingerprint density at radius 3 is 2.60 bits per heavy atom. The van der Waals surface area contributed by atoms with Crippen LogP contribution in [0, 0.1) is 0 Å². The molecule has 0 fully saturated rings. The highest BCUT2D eigenvalue weighted by molar-refractivity contribution is 14.0. The summed E-state index contributed by atoms with van der Waals surface area (Å²) < 4.78 is 6.90. The van der Waals surface area contributed by atoms with Crippen molar-refractivity contribution in [2.24, 2.45) is 12.0 Å². The predicted octanol–water partition coefficient (Wildman–Crippen LogP) is 2.13. The first-order chi connectivity index (χ1) is 11.7. The molecule has 0 saturated heterocycles. The molecule has 7 nitrogen and oxygen atoms in total. The third kappa shape index (κ3) is 7.29. The second kappa shape index (κ2) is 11.7. The van der Waals surface area contributed by atoms with E-state index in [0.717, 1.165) is 43.5 Å². The first kappa shape index (κ1) is 21.2. The number of hydrogen-bond donors (Lipinski definition) is 2. The lowest BCUT2D eigenvalue weighted by molar-refractivity contribution is 0.414. The summed E-state index contributed by atoms with van der Waals surface area (Å²) >= 11 is 0. The average molecular weight is 458 g/mol. The maximum Gasteiger partial charge on any atom is 0.191 e. The van der Waals surface area contributed by atoms with Gasteiger partial charge in [-0.15, -0.1) is 24.0 Å². The zero-order valence-electron chi connectivity index (χ0n) is 15.0. The van der Waals surface area contributed by atoms with E-state index < -0.39 is 0 Å². The van der Waals surface area contributed by atoms with Gasteiger partial charge in [-0.05, 0) is 37.5 Å². The first-order valence-corrected chi connectivity index (χ1v) is 8.21. The molecule has 2 aromatic rings. The molecule has 0 saturated carbocycles. The Balaban J connectivity index is 0.00000312. The zero-order chi connectivity index (χ0) is 17.2. The lowest BCUT2D eigenvalue weighted by Crippen LogP contribution is -2.38. The van der Waals surface area contributed by atoms with Crippen molar-refractivity contribution in [2.45, 2.75) is 26.3 Å². The Hall–Kier alpha value is -1.84. The van der Waals surface area contributed by atoms with E-state index in [4.69, 9.17) is 4.74 Å². The predicted molar refractivity (Wildman–Crippen MR) is 111 cm³/mol. The molecule has 0 unspecified atom stereocenters. The van der Waals surface area contributed by atoms with Crippen LogP contribution in [0.15, 0.2) is 35.6 Å². The number of benzene rings is 1. The molecule has 0 radical (unpaired) electrons. The summed E-state index contributed by atoms with van der Waals surface area (Å²) in [5.74, 6) is 2.53. The standard InChI is InChI=1S/C17H26N6O.HI/c1-4-18-17(20-12-16-21-13-22-23(16)2)19-11-5-6-14-7-9-15(24-3)10-8-14;/h7-10,13H,4-6,11-12H2,1-3H3,(H2,18,19,20);1H. The van der Waals surface area contributed by atoms with Gasteiger partial charge in [0.15, 0.2) is 5.96 Å². The fraction of sp³-hybridized carbons (Fsp3) is 0.471. The van der Waals surface area contributed by atoms with Crippen molar-refractivity contribution in [3.05, 3.63) is 42.0 Å². The Labute approximate surface area is 166 Å². The van der Waals surface area contributed by atoms with Gasteiger partial charge >= 0.3 is 0 Å². The third-order valence-corrected chi connectivity index (χ3v) is 3.62.